The molecular weight excluding hydrogens is 406 g/mol. The van der Waals surface area contributed by atoms with E-state index in [0.717, 1.165) is 22.2 Å². The van der Waals surface area contributed by atoms with Gasteiger partial charge in [0.05, 0.1) is 10.9 Å². The van der Waals surface area contributed by atoms with E-state index in [1.54, 1.807) is 24.3 Å². The van der Waals surface area contributed by atoms with Crippen molar-refractivity contribution in [1.29, 1.82) is 0 Å². The summed E-state index contributed by atoms with van der Waals surface area (Å²) in [5, 5.41) is 7.65. The first-order chi connectivity index (χ1) is 15.3. The second-order valence-corrected chi connectivity index (χ2v) is 8.58. The second kappa shape index (κ2) is 8.45. The van der Waals surface area contributed by atoms with Crippen LogP contribution in [0.25, 0.3) is 16.7 Å². The Hall–Kier alpha value is -3.68. The van der Waals surface area contributed by atoms with Crippen molar-refractivity contribution in [3.05, 3.63) is 74.4 Å². The van der Waals surface area contributed by atoms with Crippen LogP contribution in [0.3, 0.4) is 0 Å². The van der Waals surface area contributed by atoms with Crippen LogP contribution in [-0.2, 0) is 17.9 Å². The summed E-state index contributed by atoms with van der Waals surface area (Å²) in [5.41, 5.74) is 2.70. The first kappa shape index (κ1) is 21.5. The largest absolute Gasteiger partial charge is 0.352 e. The van der Waals surface area contributed by atoms with Crippen LogP contribution >= 0.6 is 0 Å². The summed E-state index contributed by atoms with van der Waals surface area (Å²) in [4.78, 5) is 39.0. The van der Waals surface area contributed by atoms with E-state index in [-0.39, 0.29) is 23.8 Å². The molecule has 2 aromatic heterocycles. The average Bonchev–Trinajstić information content (AvgIpc) is 3.06. The van der Waals surface area contributed by atoms with Gasteiger partial charge in [-0.25, -0.2) is 13.9 Å². The Morgan fingerprint density at radius 1 is 1.06 bits per heavy atom. The molecule has 8 heteroatoms. The number of nitrogens with zero attached hydrogens (tertiary/aromatic N) is 4. The Balaban J connectivity index is 1.76. The Morgan fingerprint density at radius 3 is 2.53 bits per heavy atom. The maximum absolute atomic E-state index is 13.2. The molecule has 0 saturated heterocycles. The third-order valence-electron chi connectivity index (χ3n) is 5.70. The first-order valence-electron chi connectivity index (χ1n) is 10.7. The molecule has 0 radical (unpaired) electrons. The molecular formula is C24H27N5O3. The highest BCUT2D eigenvalue weighted by Gasteiger charge is 2.18. The minimum absolute atomic E-state index is 0.189. The fourth-order valence-electron chi connectivity index (χ4n) is 3.72. The topological polar surface area (TPSA) is 90.4 Å². The van der Waals surface area contributed by atoms with Crippen LogP contribution in [0.4, 0.5) is 5.69 Å². The standard InChI is InChI=1S/C24H27N5O3/c1-15(2)11-12-27-22(31)19-7-5-6-8-20(19)29-23(27)26-28(24(29)32)14-21(30)25-18-10-9-16(3)17(4)13-18/h5-10,13,15H,11-12,14H2,1-4H3,(H,25,30). The SMILES string of the molecule is Cc1ccc(NC(=O)Cn2nc3n(CCC(C)C)c(=O)c4ccccc4n3c2=O)cc1C. The highest BCUT2D eigenvalue weighted by atomic mass is 16.2. The third kappa shape index (κ3) is 3.95. The molecule has 8 nitrogen and oxygen atoms in total. The highest BCUT2D eigenvalue weighted by Crippen LogP contribution is 2.15. The smallest absolute Gasteiger partial charge is 0.324 e. The zero-order chi connectivity index (χ0) is 23.0. The van der Waals surface area contributed by atoms with Gasteiger partial charge in [-0.1, -0.05) is 32.0 Å². The molecule has 4 rings (SSSR count). The van der Waals surface area contributed by atoms with Gasteiger partial charge in [0.2, 0.25) is 11.7 Å². The summed E-state index contributed by atoms with van der Waals surface area (Å²) in [6.45, 7) is 8.31. The summed E-state index contributed by atoms with van der Waals surface area (Å²) in [6, 6.07) is 12.6. The molecule has 166 valence electrons. The number of carbonyl (C=O) groups is 1. The fourth-order valence-corrected chi connectivity index (χ4v) is 3.72. The molecule has 0 fully saturated rings. The van der Waals surface area contributed by atoms with Gasteiger partial charge in [0.15, 0.2) is 0 Å². The molecule has 0 spiro atoms. The molecule has 1 N–H and O–H groups in total. The predicted molar refractivity (Wildman–Crippen MR) is 125 cm³/mol. The summed E-state index contributed by atoms with van der Waals surface area (Å²) in [5.74, 6) is 0.267. The van der Waals surface area contributed by atoms with Gasteiger partial charge < -0.3 is 5.32 Å². The number of hydrogen-bond donors (Lipinski definition) is 1. The molecule has 0 aliphatic carbocycles. The molecule has 0 unspecified atom stereocenters. The van der Waals surface area contributed by atoms with Gasteiger partial charge in [-0.2, -0.15) is 0 Å². The number of aromatic nitrogens is 4. The van der Waals surface area contributed by atoms with Crippen molar-refractivity contribution in [1.82, 2.24) is 18.7 Å². The number of nitrogens with one attached hydrogen (secondary N) is 1. The normalized spacial score (nSPS) is 11.5. The Morgan fingerprint density at radius 2 is 1.81 bits per heavy atom. The van der Waals surface area contributed by atoms with Crippen LogP contribution in [0.2, 0.25) is 0 Å². The van der Waals surface area contributed by atoms with Crippen LogP contribution in [0, 0.1) is 19.8 Å². The lowest BCUT2D eigenvalue weighted by Gasteiger charge is -2.10. The van der Waals surface area contributed by atoms with Gasteiger partial charge >= 0.3 is 5.69 Å². The molecule has 0 aliphatic rings. The number of amides is 1. The van der Waals surface area contributed by atoms with E-state index in [1.807, 2.05) is 32.0 Å². The van der Waals surface area contributed by atoms with Gasteiger partial charge in [0.1, 0.15) is 6.54 Å². The lowest BCUT2D eigenvalue weighted by Crippen LogP contribution is -2.29. The number of anilines is 1. The second-order valence-electron chi connectivity index (χ2n) is 8.58. The minimum atomic E-state index is -0.454. The molecule has 4 aromatic rings. The highest BCUT2D eigenvalue weighted by molar-refractivity contribution is 5.90. The summed E-state index contributed by atoms with van der Waals surface area (Å²) in [6.07, 6.45) is 0.766. The Bertz CT molecular complexity index is 1440. The van der Waals surface area contributed by atoms with Crippen molar-refractivity contribution in [2.24, 2.45) is 5.92 Å². The van der Waals surface area contributed by atoms with Crippen LogP contribution in [0.5, 0.6) is 0 Å². The zero-order valence-corrected chi connectivity index (χ0v) is 18.8. The molecule has 2 heterocycles. The molecule has 32 heavy (non-hydrogen) atoms. The minimum Gasteiger partial charge on any atom is -0.324 e. The first-order valence-corrected chi connectivity index (χ1v) is 10.7. The number of benzene rings is 2. The van der Waals surface area contributed by atoms with Gasteiger partial charge in [-0.3, -0.25) is 14.2 Å². The number of hydrogen-bond acceptors (Lipinski definition) is 4. The van der Waals surface area contributed by atoms with E-state index in [0.29, 0.717) is 29.1 Å². The average molecular weight is 434 g/mol. The molecule has 1 amide bonds. The van der Waals surface area contributed by atoms with Gasteiger partial charge in [-0.05, 0) is 61.6 Å². The van der Waals surface area contributed by atoms with E-state index in [9.17, 15) is 14.4 Å². The maximum Gasteiger partial charge on any atom is 0.352 e. The number of para-hydroxylation sites is 1. The van der Waals surface area contributed by atoms with Gasteiger partial charge in [-0.15, -0.1) is 5.10 Å². The Kier molecular flexibility index (Phi) is 5.69. The summed E-state index contributed by atoms with van der Waals surface area (Å²) in [7, 11) is 0. The van der Waals surface area contributed by atoms with E-state index in [2.05, 4.69) is 24.3 Å². The Labute approximate surface area is 185 Å². The molecule has 0 bridgehead atoms. The van der Waals surface area contributed by atoms with Crippen LogP contribution < -0.4 is 16.6 Å². The van der Waals surface area contributed by atoms with Gasteiger partial charge in [0, 0.05) is 12.2 Å². The van der Waals surface area contributed by atoms with Crippen LogP contribution in [-0.4, -0.2) is 24.7 Å². The summed E-state index contributed by atoms with van der Waals surface area (Å²) >= 11 is 0. The van der Waals surface area contributed by atoms with E-state index in [4.69, 9.17) is 0 Å². The third-order valence-corrected chi connectivity index (χ3v) is 5.70. The molecule has 0 aliphatic heterocycles. The number of carbonyl (C=O) groups excluding carboxylic acids is 1. The van der Waals surface area contributed by atoms with Crippen LogP contribution in [0.1, 0.15) is 31.4 Å². The number of fused-ring (bicyclic) bond motifs is 3. The van der Waals surface area contributed by atoms with Gasteiger partial charge in [0.25, 0.3) is 5.56 Å². The molecule has 0 atom stereocenters. The van der Waals surface area contributed by atoms with Crippen LogP contribution in [0.15, 0.2) is 52.1 Å². The van der Waals surface area contributed by atoms with E-state index >= 15 is 0 Å². The lowest BCUT2D eigenvalue weighted by atomic mass is 10.1. The predicted octanol–water partition coefficient (Wildman–Crippen LogP) is 3.11. The van der Waals surface area contributed by atoms with Crippen molar-refractivity contribution < 1.29 is 4.79 Å². The van der Waals surface area contributed by atoms with Crippen molar-refractivity contribution in [3.63, 3.8) is 0 Å². The van der Waals surface area contributed by atoms with Crippen molar-refractivity contribution >= 4 is 28.3 Å². The molecule has 2 aromatic carbocycles. The maximum atomic E-state index is 13.2. The lowest BCUT2D eigenvalue weighted by molar-refractivity contribution is -0.117. The quantitative estimate of drug-likeness (QED) is 0.506. The number of aryl methyl sites for hydroxylation is 3. The fraction of sp³-hybridized carbons (Fsp3) is 0.333. The van der Waals surface area contributed by atoms with Crippen molar-refractivity contribution in [3.8, 4) is 0 Å². The summed E-state index contributed by atoms with van der Waals surface area (Å²) < 4.78 is 4.06. The number of rotatable bonds is 6. The van der Waals surface area contributed by atoms with Crippen molar-refractivity contribution in [2.75, 3.05) is 5.32 Å². The van der Waals surface area contributed by atoms with E-state index < -0.39 is 5.69 Å². The monoisotopic (exact) mass is 433 g/mol. The molecule has 0 saturated carbocycles. The van der Waals surface area contributed by atoms with E-state index in [1.165, 1.54) is 8.97 Å². The zero-order valence-electron chi connectivity index (χ0n) is 18.8. The van der Waals surface area contributed by atoms with Crippen molar-refractivity contribution in [2.45, 2.75) is 47.2 Å².